The number of benzene rings is 2. The van der Waals surface area contributed by atoms with E-state index in [2.05, 4.69) is 5.10 Å². The van der Waals surface area contributed by atoms with E-state index in [4.69, 9.17) is 4.74 Å². The fraction of sp³-hybridized carbons (Fsp3) is 0.360. The highest BCUT2D eigenvalue weighted by molar-refractivity contribution is 5.96. The molecule has 0 fully saturated rings. The number of halogens is 3. The van der Waals surface area contributed by atoms with Gasteiger partial charge in [-0.2, -0.15) is 18.3 Å². The Balaban J connectivity index is 2.13. The standard InChI is InChI=1S/C25H27F3N2O3/c1-3-4-13-22-21(23(15-33-2)30(29-22)16-25(26,27)28)14-17-9-5-6-10-18(17)19-11-7-8-12-20(19)24(31)32/h5-12H,3-4,13-16H2,1-2H3,(H,31,32). The number of aromatic nitrogens is 2. The summed E-state index contributed by atoms with van der Waals surface area (Å²) in [6.07, 6.45) is -1.85. The number of nitrogens with zero attached hydrogens (tertiary/aromatic N) is 2. The van der Waals surface area contributed by atoms with Gasteiger partial charge in [-0.05, 0) is 35.6 Å². The number of rotatable bonds is 10. The van der Waals surface area contributed by atoms with E-state index in [1.807, 2.05) is 31.2 Å². The van der Waals surface area contributed by atoms with E-state index < -0.39 is 18.7 Å². The Morgan fingerprint density at radius 1 is 1.09 bits per heavy atom. The minimum Gasteiger partial charge on any atom is -0.478 e. The van der Waals surface area contributed by atoms with E-state index in [0.29, 0.717) is 35.4 Å². The summed E-state index contributed by atoms with van der Waals surface area (Å²) < 4.78 is 45.9. The third-order valence-electron chi connectivity index (χ3n) is 5.46. The molecule has 0 unspecified atom stereocenters. The van der Waals surface area contributed by atoms with Gasteiger partial charge in [-0.25, -0.2) is 4.79 Å². The summed E-state index contributed by atoms with van der Waals surface area (Å²) >= 11 is 0. The van der Waals surface area contributed by atoms with Crippen LogP contribution in [0.1, 0.15) is 52.6 Å². The van der Waals surface area contributed by atoms with Gasteiger partial charge in [0.1, 0.15) is 6.54 Å². The molecule has 0 atom stereocenters. The van der Waals surface area contributed by atoms with E-state index in [1.54, 1.807) is 24.3 Å². The van der Waals surface area contributed by atoms with Crippen LogP contribution in [0, 0.1) is 0 Å². The third kappa shape index (κ3) is 6.01. The van der Waals surface area contributed by atoms with Gasteiger partial charge >= 0.3 is 12.1 Å². The van der Waals surface area contributed by atoms with Gasteiger partial charge in [0.2, 0.25) is 0 Å². The molecule has 0 amide bonds. The summed E-state index contributed by atoms with van der Waals surface area (Å²) in [6.45, 7) is 0.827. The lowest BCUT2D eigenvalue weighted by Crippen LogP contribution is -2.21. The maximum Gasteiger partial charge on any atom is 0.408 e. The normalized spacial score (nSPS) is 11.7. The molecule has 176 valence electrons. The number of carboxylic acids is 1. The number of alkyl halides is 3. The largest absolute Gasteiger partial charge is 0.478 e. The van der Waals surface area contributed by atoms with Gasteiger partial charge in [0.05, 0.1) is 23.6 Å². The lowest BCUT2D eigenvalue weighted by molar-refractivity contribution is -0.143. The molecule has 3 rings (SSSR count). The van der Waals surface area contributed by atoms with Crippen molar-refractivity contribution in [1.82, 2.24) is 9.78 Å². The number of aryl methyl sites for hydroxylation is 1. The van der Waals surface area contributed by atoms with Gasteiger partial charge < -0.3 is 9.84 Å². The second kappa shape index (κ2) is 10.7. The van der Waals surface area contributed by atoms with Crippen LogP contribution in [0.15, 0.2) is 48.5 Å². The Morgan fingerprint density at radius 3 is 2.39 bits per heavy atom. The molecule has 0 saturated carbocycles. The van der Waals surface area contributed by atoms with Crippen LogP contribution in [0.3, 0.4) is 0 Å². The highest BCUT2D eigenvalue weighted by atomic mass is 19.4. The molecule has 0 aliphatic carbocycles. The molecule has 0 radical (unpaired) electrons. The first-order chi connectivity index (χ1) is 15.7. The zero-order valence-electron chi connectivity index (χ0n) is 18.7. The summed E-state index contributed by atoms with van der Waals surface area (Å²) in [7, 11) is 1.44. The number of hydrogen-bond donors (Lipinski definition) is 1. The molecule has 0 bridgehead atoms. The van der Waals surface area contributed by atoms with Crippen LogP contribution in [-0.4, -0.2) is 34.1 Å². The lowest BCUT2D eigenvalue weighted by atomic mass is 9.91. The highest BCUT2D eigenvalue weighted by Gasteiger charge is 2.31. The average Bonchev–Trinajstić information content (AvgIpc) is 3.07. The van der Waals surface area contributed by atoms with Gasteiger partial charge in [0.15, 0.2) is 0 Å². The summed E-state index contributed by atoms with van der Waals surface area (Å²) in [4.78, 5) is 11.8. The number of carbonyl (C=O) groups is 1. The highest BCUT2D eigenvalue weighted by Crippen LogP contribution is 2.31. The van der Waals surface area contributed by atoms with E-state index in [-0.39, 0.29) is 12.2 Å². The van der Waals surface area contributed by atoms with Crippen molar-refractivity contribution in [2.75, 3.05) is 7.11 Å². The Kier molecular flexibility index (Phi) is 7.92. The molecule has 0 saturated heterocycles. The molecular weight excluding hydrogens is 433 g/mol. The number of carboxylic acid groups (broad SMARTS) is 1. The van der Waals surface area contributed by atoms with Crippen LogP contribution in [0.5, 0.6) is 0 Å². The summed E-state index contributed by atoms with van der Waals surface area (Å²) in [6, 6.07) is 14.1. The quantitative estimate of drug-likeness (QED) is 0.410. The van der Waals surface area contributed by atoms with Crippen LogP contribution < -0.4 is 0 Å². The smallest absolute Gasteiger partial charge is 0.408 e. The van der Waals surface area contributed by atoms with Crippen LogP contribution in [0.25, 0.3) is 11.1 Å². The van der Waals surface area contributed by atoms with Crippen molar-refractivity contribution in [3.8, 4) is 11.1 Å². The van der Waals surface area contributed by atoms with Gasteiger partial charge in [-0.15, -0.1) is 0 Å². The Morgan fingerprint density at radius 2 is 1.76 bits per heavy atom. The van der Waals surface area contributed by atoms with E-state index >= 15 is 0 Å². The number of unbranched alkanes of at least 4 members (excludes halogenated alkanes) is 1. The van der Waals surface area contributed by atoms with Crippen molar-refractivity contribution in [3.63, 3.8) is 0 Å². The van der Waals surface area contributed by atoms with Gasteiger partial charge in [0, 0.05) is 19.1 Å². The van der Waals surface area contributed by atoms with Crippen molar-refractivity contribution >= 4 is 5.97 Å². The molecule has 33 heavy (non-hydrogen) atoms. The molecule has 8 heteroatoms. The van der Waals surface area contributed by atoms with Gasteiger partial charge in [0.25, 0.3) is 0 Å². The zero-order valence-corrected chi connectivity index (χ0v) is 18.7. The number of aromatic carboxylic acids is 1. The van der Waals surface area contributed by atoms with Crippen LogP contribution >= 0.6 is 0 Å². The molecule has 1 aromatic heterocycles. The number of methoxy groups -OCH3 is 1. The SMILES string of the molecule is CCCCc1nn(CC(F)(F)F)c(COC)c1Cc1ccccc1-c1ccccc1C(=O)O. The minimum atomic E-state index is -4.41. The van der Waals surface area contributed by atoms with E-state index in [9.17, 15) is 23.1 Å². The minimum absolute atomic E-state index is 0.00157. The molecule has 5 nitrogen and oxygen atoms in total. The first-order valence-electron chi connectivity index (χ1n) is 10.8. The zero-order chi connectivity index (χ0) is 24.0. The Bertz CT molecular complexity index is 1110. The number of hydrogen-bond acceptors (Lipinski definition) is 3. The summed E-state index contributed by atoms with van der Waals surface area (Å²) in [5.41, 5.74) is 3.98. The predicted octanol–water partition coefficient (Wildman–Crippen LogP) is 5.89. The molecule has 0 aliphatic rings. The molecule has 0 aliphatic heterocycles. The molecule has 0 spiro atoms. The van der Waals surface area contributed by atoms with E-state index in [1.165, 1.54) is 7.11 Å². The average molecular weight is 460 g/mol. The van der Waals surface area contributed by atoms with Crippen molar-refractivity contribution in [2.24, 2.45) is 0 Å². The second-order valence-electron chi connectivity index (χ2n) is 7.87. The molecule has 1 heterocycles. The maximum atomic E-state index is 13.2. The van der Waals surface area contributed by atoms with Crippen molar-refractivity contribution in [2.45, 2.75) is 51.9 Å². The van der Waals surface area contributed by atoms with Gasteiger partial charge in [-0.3, -0.25) is 4.68 Å². The maximum absolute atomic E-state index is 13.2. The van der Waals surface area contributed by atoms with Crippen LogP contribution in [0.4, 0.5) is 13.2 Å². The lowest BCUT2D eigenvalue weighted by Gasteiger charge is -2.14. The third-order valence-corrected chi connectivity index (χ3v) is 5.46. The first kappa shape index (κ1) is 24.5. The van der Waals surface area contributed by atoms with Crippen molar-refractivity contribution in [1.29, 1.82) is 0 Å². The fourth-order valence-corrected chi connectivity index (χ4v) is 3.97. The predicted molar refractivity (Wildman–Crippen MR) is 119 cm³/mol. The molecule has 3 aromatic rings. The van der Waals surface area contributed by atoms with E-state index in [0.717, 1.165) is 28.7 Å². The summed E-state index contributed by atoms with van der Waals surface area (Å²) in [5.74, 6) is -1.04. The Labute approximate surface area is 190 Å². The monoisotopic (exact) mass is 460 g/mol. The van der Waals surface area contributed by atoms with Crippen LogP contribution in [-0.2, 0) is 30.7 Å². The molecule has 1 N–H and O–H groups in total. The molecule has 2 aromatic carbocycles. The second-order valence-corrected chi connectivity index (χ2v) is 7.87. The summed E-state index contributed by atoms with van der Waals surface area (Å²) in [5, 5.41) is 14.0. The number of ether oxygens (including phenoxy) is 1. The Hall–Kier alpha value is -3.13. The molecular formula is C25H27F3N2O3. The topological polar surface area (TPSA) is 64.4 Å². The van der Waals surface area contributed by atoms with Crippen molar-refractivity contribution in [3.05, 3.63) is 76.6 Å². The van der Waals surface area contributed by atoms with Crippen LogP contribution in [0.2, 0.25) is 0 Å². The van der Waals surface area contributed by atoms with Crippen molar-refractivity contribution < 1.29 is 27.8 Å². The fourth-order valence-electron chi connectivity index (χ4n) is 3.97. The first-order valence-corrected chi connectivity index (χ1v) is 10.8. The van der Waals surface area contributed by atoms with Gasteiger partial charge in [-0.1, -0.05) is 55.8 Å².